The van der Waals surface area contributed by atoms with Crippen molar-refractivity contribution in [2.75, 3.05) is 26.2 Å². The fourth-order valence-corrected chi connectivity index (χ4v) is 4.74. The van der Waals surface area contributed by atoms with Gasteiger partial charge in [0.1, 0.15) is 0 Å². The minimum absolute atomic E-state index is 0.114. The van der Waals surface area contributed by atoms with E-state index >= 15 is 0 Å². The number of aliphatic hydroxyl groups is 1. The third-order valence-corrected chi connectivity index (χ3v) is 6.50. The molecule has 30 heavy (non-hydrogen) atoms. The van der Waals surface area contributed by atoms with Crippen LogP contribution >= 0.6 is 11.3 Å². The molecule has 1 aliphatic rings. The summed E-state index contributed by atoms with van der Waals surface area (Å²) in [5.74, 6) is -1.32. The van der Waals surface area contributed by atoms with Crippen LogP contribution in [0.15, 0.2) is 35.9 Å². The molecule has 3 heterocycles. The summed E-state index contributed by atoms with van der Waals surface area (Å²) < 4.78 is 0. The summed E-state index contributed by atoms with van der Waals surface area (Å²) in [7, 11) is 0. The molecule has 0 bridgehead atoms. The van der Waals surface area contributed by atoms with Crippen LogP contribution in [0.2, 0.25) is 0 Å². The first-order chi connectivity index (χ1) is 14.4. The number of hydrogen-bond acceptors (Lipinski definition) is 7. The molecule has 2 aromatic rings. The summed E-state index contributed by atoms with van der Waals surface area (Å²) in [6.07, 6.45) is 4.04. The van der Waals surface area contributed by atoms with Crippen molar-refractivity contribution in [2.45, 2.75) is 40.2 Å². The normalized spacial score (nSPS) is 16.8. The van der Waals surface area contributed by atoms with Crippen molar-refractivity contribution >= 4 is 23.0 Å². The number of thiazole rings is 1. The maximum atomic E-state index is 13.4. The van der Waals surface area contributed by atoms with E-state index in [2.05, 4.69) is 28.7 Å². The molecule has 7 nitrogen and oxygen atoms in total. The number of amides is 1. The Morgan fingerprint density at radius 1 is 1.30 bits per heavy atom. The van der Waals surface area contributed by atoms with Crippen LogP contribution in [-0.2, 0) is 4.79 Å². The van der Waals surface area contributed by atoms with Crippen molar-refractivity contribution in [3.63, 3.8) is 0 Å². The molecule has 0 radical (unpaired) electrons. The van der Waals surface area contributed by atoms with Crippen molar-refractivity contribution in [3.05, 3.63) is 57.0 Å². The molecule has 1 aliphatic heterocycles. The molecule has 0 aromatic carbocycles. The minimum atomic E-state index is -0.655. The third-order valence-electron chi connectivity index (χ3n) is 5.43. The number of pyridine rings is 1. The lowest BCUT2D eigenvalue weighted by atomic mass is 9.96. The number of rotatable bonds is 9. The van der Waals surface area contributed by atoms with E-state index in [9.17, 15) is 14.7 Å². The smallest absolute Gasteiger partial charge is 0.290 e. The van der Waals surface area contributed by atoms with Crippen molar-refractivity contribution in [3.8, 4) is 0 Å². The van der Waals surface area contributed by atoms with Gasteiger partial charge < -0.3 is 14.9 Å². The molecule has 3 rings (SSSR count). The predicted octanol–water partition coefficient (Wildman–Crippen LogP) is 3.47. The second-order valence-corrected chi connectivity index (χ2v) is 8.51. The molecular formula is C22H28N4O3S. The van der Waals surface area contributed by atoms with Gasteiger partial charge in [-0.1, -0.05) is 19.9 Å². The van der Waals surface area contributed by atoms with Crippen LogP contribution in [0.1, 0.15) is 52.2 Å². The molecule has 160 valence electrons. The van der Waals surface area contributed by atoms with Gasteiger partial charge in [-0.05, 0) is 51.5 Å². The van der Waals surface area contributed by atoms with E-state index in [0.29, 0.717) is 22.7 Å². The zero-order chi connectivity index (χ0) is 21.8. The molecule has 0 fully saturated rings. The first-order valence-corrected chi connectivity index (χ1v) is 11.1. The second kappa shape index (κ2) is 9.49. The Morgan fingerprint density at radius 2 is 2.03 bits per heavy atom. The molecule has 0 aliphatic carbocycles. The van der Waals surface area contributed by atoms with Gasteiger partial charge in [0.05, 0.1) is 27.2 Å². The number of Topliss-reactive ketones (excluding diaryl/α,β-unsaturated/α-hetero) is 1. The van der Waals surface area contributed by atoms with E-state index in [1.165, 1.54) is 11.3 Å². The highest BCUT2D eigenvalue weighted by molar-refractivity contribution is 7.14. The van der Waals surface area contributed by atoms with E-state index in [1.54, 1.807) is 30.3 Å². The van der Waals surface area contributed by atoms with E-state index < -0.39 is 17.7 Å². The standard InChI is InChI=1S/C22H28N4O3S/c1-5-25(6-2)11-8-12-26-18(16-9-7-10-23-13-16)17(20(28)22(26)29)19(27)21-14(3)24-15(4)30-21/h7,9-10,13,18,28H,5-6,8,11-12H2,1-4H3/t18-/m1/s1. The molecule has 8 heteroatoms. The number of nitrogens with zero attached hydrogens (tertiary/aromatic N) is 4. The quantitative estimate of drug-likeness (QED) is 0.616. The Bertz CT molecular complexity index is 951. The summed E-state index contributed by atoms with van der Waals surface area (Å²) in [5.41, 5.74) is 1.43. The van der Waals surface area contributed by atoms with Crippen LogP contribution in [0, 0.1) is 13.8 Å². The van der Waals surface area contributed by atoms with Gasteiger partial charge in [0, 0.05) is 18.9 Å². The largest absolute Gasteiger partial charge is 0.503 e. The van der Waals surface area contributed by atoms with Crippen LogP contribution in [0.4, 0.5) is 0 Å². The maximum absolute atomic E-state index is 13.4. The third kappa shape index (κ3) is 4.29. The summed E-state index contributed by atoms with van der Waals surface area (Å²) >= 11 is 1.28. The van der Waals surface area contributed by atoms with Crippen molar-refractivity contribution in [2.24, 2.45) is 0 Å². The molecule has 0 saturated heterocycles. The summed E-state index contributed by atoms with van der Waals surface area (Å²) in [5, 5.41) is 11.5. The molecule has 0 spiro atoms. The van der Waals surface area contributed by atoms with Crippen LogP contribution in [0.3, 0.4) is 0 Å². The van der Waals surface area contributed by atoms with Crippen LogP contribution in [0.5, 0.6) is 0 Å². The molecule has 0 unspecified atom stereocenters. The van der Waals surface area contributed by atoms with Crippen LogP contribution < -0.4 is 0 Å². The molecule has 1 atom stereocenters. The van der Waals surface area contributed by atoms with Gasteiger partial charge in [-0.15, -0.1) is 11.3 Å². The first kappa shape index (κ1) is 22.1. The number of ketones is 1. The lowest BCUT2D eigenvalue weighted by Crippen LogP contribution is -2.34. The number of aliphatic hydroxyl groups excluding tert-OH is 1. The van der Waals surface area contributed by atoms with Gasteiger partial charge >= 0.3 is 0 Å². The van der Waals surface area contributed by atoms with Crippen molar-refractivity contribution in [1.82, 2.24) is 19.8 Å². The zero-order valence-corrected chi connectivity index (χ0v) is 18.7. The molecule has 2 aromatic heterocycles. The van der Waals surface area contributed by atoms with Crippen molar-refractivity contribution in [1.29, 1.82) is 0 Å². The first-order valence-electron chi connectivity index (χ1n) is 10.2. The average Bonchev–Trinajstić information content (AvgIpc) is 3.21. The molecule has 0 saturated carbocycles. The number of aromatic nitrogens is 2. The Balaban J connectivity index is 1.95. The number of carbonyl (C=O) groups excluding carboxylic acids is 2. The van der Waals surface area contributed by atoms with E-state index in [1.807, 2.05) is 13.0 Å². The van der Waals surface area contributed by atoms with E-state index in [-0.39, 0.29) is 11.4 Å². The summed E-state index contributed by atoms with van der Waals surface area (Å²) in [6, 6.07) is 2.95. The SMILES string of the molecule is CCN(CC)CCCN1C(=O)C(O)=C(C(=O)c2sc(C)nc2C)[C@H]1c1cccnc1. The van der Waals surface area contributed by atoms with E-state index in [0.717, 1.165) is 31.1 Å². The summed E-state index contributed by atoms with van der Waals surface area (Å²) in [4.78, 5) is 39.2. The van der Waals surface area contributed by atoms with Gasteiger partial charge in [-0.25, -0.2) is 4.98 Å². The van der Waals surface area contributed by atoms with Crippen LogP contribution in [0.25, 0.3) is 0 Å². The summed E-state index contributed by atoms with van der Waals surface area (Å²) in [6.45, 7) is 11.0. The van der Waals surface area contributed by atoms with Gasteiger partial charge in [-0.3, -0.25) is 14.6 Å². The Kier molecular flexibility index (Phi) is 6.99. The lowest BCUT2D eigenvalue weighted by molar-refractivity contribution is -0.129. The Morgan fingerprint density at radius 3 is 2.60 bits per heavy atom. The Hall–Kier alpha value is -2.58. The van der Waals surface area contributed by atoms with Gasteiger partial charge in [0.2, 0.25) is 5.78 Å². The Labute approximate surface area is 181 Å². The molecule has 1 N–H and O–H groups in total. The van der Waals surface area contributed by atoms with E-state index in [4.69, 9.17) is 0 Å². The number of hydrogen-bond donors (Lipinski definition) is 1. The fraction of sp³-hybridized carbons (Fsp3) is 0.455. The highest BCUT2D eigenvalue weighted by Crippen LogP contribution is 2.39. The average molecular weight is 429 g/mol. The lowest BCUT2D eigenvalue weighted by Gasteiger charge is -2.27. The van der Waals surface area contributed by atoms with Crippen LogP contribution in [-0.4, -0.2) is 62.7 Å². The molecular weight excluding hydrogens is 400 g/mol. The molecule has 1 amide bonds. The maximum Gasteiger partial charge on any atom is 0.290 e. The topological polar surface area (TPSA) is 86.6 Å². The fourth-order valence-electron chi connectivity index (χ4n) is 3.87. The van der Waals surface area contributed by atoms with Gasteiger partial charge in [0.25, 0.3) is 5.91 Å². The highest BCUT2D eigenvalue weighted by atomic mass is 32.1. The number of carbonyl (C=O) groups is 2. The monoisotopic (exact) mass is 428 g/mol. The van der Waals surface area contributed by atoms with Gasteiger partial charge in [0.15, 0.2) is 5.76 Å². The van der Waals surface area contributed by atoms with Gasteiger partial charge in [-0.2, -0.15) is 0 Å². The second-order valence-electron chi connectivity index (χ2n) is 7.31. The minimum Gasteiger partial charge on any atom is -0.503 e. The highest BCUT2D eigenvalue weighted by Gasteiger charge is 2.44. The zero-order valence-electron chi connectivity index (χ0n) is 17.9. The predicted molar refractivity (Wildman–Crippen MR) is 117 cm³/mol. The van der Waals surface area contributed by atoms with Crippen molar-refractivity contribution < 1.29 is 14.7 Å². The number of aryl methyl sites for hydroxylation is 2.